The van der Waals surface area contributed by atoms with E-state index in [1.807, 2.05) is 6.92 Å². The van der Waals surface area contributed by atoms with E-state index in [0.717, 1.165) is 25.7 Å². The van der Waals surface area contributed by atoms with Crippen LogP contribution in [0.25, 0.3) is 0 Å². The molecular formula is C20H30O4. The summed E-state index contributed by atoms with van der Waals surface area (Å²) in [4.78, 5) is 24.8. The van der Waals surface area contributed by atoms with E-state index in [4.69, 9.17) is 9.47 Å². The Kier molecular flexibility index (Phi) is 3.34. The Hall–Kier alpha value is -0.900. The Labute approximate surface area is 144 Å². The molecule has 0 aromatic heterocycles. The molecule has 24 heavy (non-hydrogen) atoms. The molecule has 2 aliphatic carbocycles. The quantitative estimate of drug-likeness (QED) is 0.689. The molecule has 7 atom stereocenters. The molecule has 0 unspecified atom stereocenters. The third-order valence-electron chi connectivity index (χ3n) is 8.02. The molecule has 4 fully saturated rings. The molecule has 2 saturated carbocycles. The maximum absolute atomic E-state index is 12.5. The first-order chi connectivity index (χ1) is 11.1. The molecule has 4 rings (SSSR count). The highest BCUT2D eigenvalue weighted by atomic mass is 16.6. The zero-order valence-corrected chi connectivity index (χ0v) is 15.6. The predicted octanol–water partition coefficient (Wildman–Crippen LogP) is 3.52. The monoisotopic (exact) mass is 334 g/mol. The van der Waals surface area contributed by atoms with Crippen LogP contribution in [0.4, 0.5) is 0 Å². The summed E-state index contributed by atoms with van der Waals surface area (Å²) >= 11 is 0. The van der Waals surface area contributed by atoms with Crippen LogP contribution in [-0.2, 0) is 19.1 Å². The van der Waals surface area contributed by atoms with Crippen molar-refractivity contribution in [2.24, 2.45) is 28.6 Å². The Morgan fingerprint density at radius 3 is 2.46 bits per heavy atom. The van der Waals surface area contributed by atoms with Crippen molar-refractivity contribution >= 4 is 11.8 Å². The van der Waals surface area contributed by atoms with Gasteiger partial charge in [-0.05, 0) is 43.9 Å². The van der Waals surface area contributed by atoms with Crippen LogP contribution in [0.15, 0.2) is 0 Å². The summed E-state index contributed by atoms with van der Waals surface area (Å²) in [5, 5.41) is 0. The van der Waals surface area contributed by atoms with Crippen molar-refractivity contribution in [1.29, 1.82) is 0 Å². The van der Waals surface area contributed by atoms with Crippen LogP contribution in [0.2, 0.25) is 0 Å². The van der Waals surface area contributed by atoms with Crippen molar-refractivity contribution in [1.82, 2.24) is 0 Å². The zero-order chi connectivity index (χ0) is 17.5. The number of carbonyl (C=O) groups excluding carboxylic acids is 2. The van der Waals surface area contributed by atoms with Crippen molar-refractivity contribution in [3.05, 3.63) is 0 Å². The fourth-order valence-electron chi connectivity index (χ4n) is 6.87. The molecule has 0 spiro atoms. The van der Waals surface area contributed by atoms with Gasteiger partial charge >= 0.3 is 5.97 Å². The summed E-state index contributed by atoms with van der Waals surface area (Å²) in [6, 6.07) is 0. The summed E-state index contributed by atoms with van der Waals surface area (Å²) in [5.41, 5.74) is -0.531. The average Bonchev–Trinajstić information content (AvgIpc) is 2.93. The number of carbonyl (C=O) groups is 2. The second-order valence-corrected chi connectivity index (χ2v) is 9.53. The molecule has 0 bridgehead atoms. The Morgan fingerprint density at radius 1 is 1.08 bits per heavy atom. The molecule has 0 aromatic carbocycles. The van der Waals surface area contributed by atoms with Gasteiger partial charge in [0.25, 0.3) is 0 Å². The molecule has 0 amide bonds. The van der Waals surface area contributed by atoms with Gasteiger partial charge in [0.15, 0.2) is 0 Å². The highest BCUT2D eigenvalue weighted by Crippen LogP contribution is 2.66. The van der Waals surface area contributed by atoms with Gasteiger partial charge in [-0.15, -0.1) is 0 Å². The molecule has 0 aromatic rings. The van der Waals surface area contributed by atoms with E-state index < -0.39 is 0 Å². The van der Waals surface area contributed by atoms with Crippen molar-refractivity contribution in [2.45, 2.75) is 84.5 Å². The third-order valence-corrected chi connectivity index (χ3v) is 8.02. The third kappa shape index (κ3) is 1.84. The molecule has 2 saturated heterocycles. The van der Waals surface area contributed by atoms with Gasteiger partial charge in [-0.3, -0.25) is 9.59 Å². The number of fused-ring (bicyclic) bond motifs is 5. The van der Waals surface area contributed by atoms with Crippen molar-refractivity contribution in [3.63, 3.8) is 0 Å². The molecule has 0 radical (unpaired) electrons. The van der Waals surface area contributed by atoms with Crippen LogP contribution in [0.5, 0.6) is 0 Å². The molecule has 0 N–H and O–H groups in total. The highest BCUT2D eigenvalue weighted by molar-refractivity contribution is 5.85. The van der Waals surface area contributed by atoms with E-state index in [2.05, 4.69) is 27.7 Å². The lowest BCUT2D eigenvalue weighted by Gasteiger charge is -2.59. The molecule has 4 heteroatoms. The van der Waals surface area contributed by atoms with Gasteiger partial charge in [-0.25, -0.2) is 0 Å². The standard InChI is InChI=1S/C20H30O4/c1-6-11-14-15(23-17(11)22)16-19(4)9-8-13(21)18(2,3)12(19)7-10-20(16,5)24-14/h11-12,14-16H,6-10H2,1-5H3/t11-,12-,14-,15+,16-,19-,20+/m0/s1. The Morgan fingerprint density at radius 2 is 1.79 bits per heavy atom. The maximum Gasteiger partial charge on any atom is 0.312 e. The van der Waals surface area contributed by atoms with Gasteiger partial charge in [0.05, 0.1) is 11.5 Å². The Balaban J connectivity index is 1.76. The van der Waals surface area contributed by atoms with E-state index in [1.54, 1.807) is 0 Å². The van der Waals surface area contributed by atoms with Crippen molar-refractivity contribution < 1.29 is 19.1 Å². The molecule has 4 aliphatic rings. The van der Waals surface area contributed by atoms with Crippen LogP contribution in [0, 0.1) is 28.6 Å². The maximum atomic E-state index is 12.5. The SMILES string of the molecule is CC[C@@H]1C(=O)O[C@@H]2[C@H]1O[C@]1(C)CC[C@H]3C(C)(C)C(=O)CC[C@]3(C)[C@H]21. The number of esters is 1. The van der Waals surface area contributed by atoms with E-state index in [-0.39, 0.29) is 46.4 Å². The first kappa shape index (κ1) is 16.6. The summed E-state index contributed by atoms with van der Waals surface area (Å²) in [6.45, 7) is 10.8. The second kappa shape index (κ2) is 4.84. The number of hydrogen-bond acceptors (Lipinski definition) is 4. The lowest BCUT2D eigenvalue weighted by atomic mass is 9.45. The molecular weight excluding hydrogens is 304 g/mol. The average molecular weight is 334 g/mol. The smallest absolute Gasteiger partial charge is 0.312 e. The highest BCUT2D eigenvalue weighted by Gasteiger charge is 2.70. The summed E-state index contributed by atoms with van der Waals surface area (Å²) in [6.07, 6.45) is 4.03. The van der Waals surface area contributed by atoms with Crippen LogP contribution in [0.3, 0.4) is 0 Å². The number of rotatable bonds is 1. The zero-order valence-electron chi connectivity index (χ0n) is 15.6. The number of ether oxygens (including phenoxy) is 2. The van der Waals surface area contributed by atoms with Crippen molar-refractivity contribution in [3.8, 4) is 0 Å². The summed E-state index contributed by atoms with van der Waals surface area (Å²) in [7, 11) is 0. The Bertz CT molecular complexity index is 596. The topological polar surface area (TPSA) is 52.6 Å². The van der Waals surface area contributed by atoms with Gasteiger partial charge < -0.3 is 9.47 Å². The first-order valence-electron chi connectivity index (χ1n) is 9.57. The largest absolute Gasteiger partial charge is 0.459 e. The number of Topliss-reactive ketones (excluding diaryl/α,β-unsaturated/α-hetero) is 1. The second-order valence-electron chi connectivity index (χ2n) is 9.53. The summed E-state index contributed by atoms with van der Waals surface area (Å²) < 4.78 is 12.4. The lowest BCUT2D eigenvalue weighted by molar-refractivity contribution is -0.184. The van der Waals surface area contributed by atoms with Gasteiger partial charge in [0, 0.05) is 17.8 Å². The van der Waals surface area contributed by atoms with E-state index >= 15 is 0 Å². The van der Waals surface area contributed by atoms with Gasteiger partial charge in [-0.2, -0.15) is 0 Å². The molecule has 2 aliphatic heterocycles. The molecule has 134 valence electrons. The van der Waals surface area contributed by atoms with Gasteiger partial charge in [0.1, 0.15) is 18.0 Å². The minimum atomic E-state index is -0.292. The lowest BCUT2D eigenvalue weighted by Crippen LogP contribution is -2.60. The van der Waals surface area contributed by atoms with Crippen molar-refractivity contribution in [2.75, 3.05) is 0 Å². The first-order valence-corrected chi connectivity index (χ1v) is 9.57. The van der Waals surface area contributed by atoms with Gasteiger partial charge in [0.2, 0.25) is 0 Å². The fourth-order valence-corrected chi connectivity index (χ4v) is 6.87. The minimum absolute atomic E-state index is 0.00720. The van der Waals surface area contributed by atoms with E-state index in [0.29, 0.717) is 18.1 Å². The summed E-state index contributed by atoms with van der Waals surface area (Å²) in [5.74, 6) is 0.704. The normalized spacial score (nSPS) is 52.5. The minimum Gasteiger partial charge on any atom is -0.459 e. The molecule has 2 heterocycles. The van der Waals surface area contributed by atoms with Gasteiger partial charge in [-0.1, -0.05) is 27.7 Å². The van der Waals surface area contributed by atoms with Crippen LogP contribution in [-0.4, -0.2) is 29.6 Å². The van der Waals surface area contributed by atoms with Crippen LogP contribution < -0.4 is 0 Å². The number of hydrogen-bond donors (Lipinski definition) is 0. The van der Waals surface area contributed by atoms with E-state index in [9.17, 15) is 9.59 Å². The number of ketones is 1. The van der Waals surface area contributed by atoms with Crippen LogP contribution in [0.1, 0.15) is 66.7 Å². The fraction of sp³-hybridized carbons (Fsp3) is 0.900. The van der Waals surface area contributed by atoms with Crippen LogP contribution >= 0.6 is 0 Å². The van der Waals surface area contributed by atoms with E-state index in [1.165, 1.54) is 0 Å². The molecule has 4 nitrogen and oxygen atoms in total. The predicted molar refractivity (Wildman–Crippen MR) is 89.3 cm³/mol.